The van der Waals surface area contributed by atoms with Gasteiger partial charge in [-0.1, -0.05) is 6.92 Å². The number of hydrogen-bond donors (Lipinski definition) is 2. The minimum absolute atomic E-state index is 0.00572. The predicted molar refractivity (Wildman–Crippen MR) is 109 cm³/mol. The highest BCUT2D eigenvalue weighted by Gasteiger charge is 2.47. The van der Waals surface area contributed by atoms with E-state index >= 15 is 0 Å². The van der Waals surface area contributed by atoms with E-state index in [2.05, 4.69) is 23.3 Å². The number of rotatable bonds is 4. The highest BCUT2D eigenvalue weighted by Crippen LogP contribution is 2.50. The van der Waals surface area contributed by atoms with Gasteiger partial charge in [-0.05, 0) is 54.7 Å². The lowest BCUT2D eigenvalue weighted by Crippen LogP contribution is -2.51. The van der Waals surface area contributed by atoms with Crippen LogP contribution in [0.4, 0.5) is 11.5 Å². The standard InChI is InChI=1S/C22H23N5O2/c1-12-19(26-22-16(21(24)29)4-3-9-25-22)17-10-14(11-23)5-8-18(17)27(13(2)28)20(12)15-6-7-15/h3-5,8-10,12,15,19-20H,6-7H2,1-2H3,(H2,24,29)(H,25,26)/t12-,19-,20+/m1/s1. The molecule has 0 bridgehead atoms. The molecule has 1 aliphatic carbocycles. The maximum atomic E-state index is 12.6. The van der Waals surface area contributed by atoms with E-state index in [1.54, 1.807) is 31.3 Å². The second-order valence-corrected chi connectivity index (χ2v) is 7.85. The van der Waals surface area contributed by atoms with Crippen molar-refractivity contribution in [2.75, 3.05) is 10.2 Å². The first kappa shape index (κ1) is 18.9. The fourth-order valence-electron chi connectivity index (χ4n) is 4.50. The van der Waals surface area contributed by atoms with E-state index in [-0.39, 0.29) is 23.9 Å². The molecule has 2 aliphatic rings. The highest BCUT2D eigenvalue weighted by molar-refractivity contribution is 5.98. The van der Waals surface area contributed by atoms with Crippen LogP contribution in [0.3, 0.4) is 0 Å². The van der Waals surface area contributed by atoms with Crippen molar-refractivity contribution in [3.05, 3.63) is 53.2 Å². The van der Waals surface area contributed by atoms with E-state index in [1.165, 1.54) is 0 Å². The summed E-state index contributed by atoms with van der Waals surface area (Å²) in [5.74, 6) is 0.348. The van der Waals surface area contributed by atoms with Crippen molar-refractivity contribution >= 4 is 23.3 Å². The Bertz CT molecular complexity index is 1020. The van der Waals surface area contributed by atoms with Crippen LogP contribution in [0, 0.1) is 23.2 Å². The summed E-state index contributed by atoms with van der Waals surface area (Å²) in [5, 5.41) is 12.8. The van der Waals surface area contributed by atoms with E-state index < -0.39 is 5.91 Å². The molecule has 1 aromatic carbocycles. The van der Waals surface area contributed by atoms with Gasteiger partial charge < -0.3 is 16.0 Å². The van der Waals surface area contributed by atoms with Gasteiger partial charge >= 0.3 is 0 Å². The number of carbonyl (C=O) groups excluding carboxylic acids is 2. The van der Waals surface area contributed by atoms with E-state index in [9.17, 15) is 14.9 Å². The van der Waals surface area contributed by atoms with E-state index in [4.69, 9.17) is 5.73 Å². The molecule has 0 spiro atoms. The smallest absolute Gasteiger partial charge is 0.252 e. The fourth-order valence-corrected chi connectivity index (χ4v) is 4.50. The number of amides is 2. The molecular formula is C22H23N5O2. The van der Waals surface area contributed by atoms with Gasteiger partial charge in [-0.25, -0.2) is 4.98 Å². The number of pyridine rings is 1. The number of aromatic nitrogens is 1. The zero-order chi connectivity index (χ0) is 20.7. The molecule has 4 rings (SSSR count). The molecule has 2 amide bonds. The summed E-state index contributed by atoms with van der Waals surface area (Å²) >= 11 is 0. The number of nitriles is 1. The average Bonchev–Trinajstić information content (AvgIpc) is 3.54. The Labute approximate surface area is 169 Å². The van der Waals surface area contributed by atoms with Crippen LogP contribution in [0.1, 0.15) is 54.2 Å². The zero-order valence-corrected chi connectivity index (χ0v) is 16.4. The first-order valence-electron chi connectivity index (χ1n) is 9.77. The second-order valence-electron chi connectivity index (χ2n) is 7.85. The summed E-state index contributed by atoms with van der Waals surface area (Å²) in [6.07, 6.45) is 3.79. The first-order chi connectivity index (χ1) is 13.9. The zero-order valence-electron chi connectivity index (χ0n) is 16.4. The number of nitrogens with one attached hydrogen (secondary N) is 1. The Morgan fingerprint density at radius 2 is 2.07 bits per heavy atom. The Hall–Kier alpha value is -3.40. The van der Waals surface area contributed by atoms with Gasteiger partial charge in [0.15, 0.2) is 0 Å². The average molecular weight is 389 g/mol. The fraction of sp³-hybridized carbons (Fsp3) is 0.364. The summed E-state index contributed by atoms with van der Waals surface area (Å²) < 4.78 is 0. The van der Waals surface area contributed by atoms with Crippen molar-refractivity contribution in [1.82, 2.24) is 4.98 Å². The van der Waals surface area contributed by atoms with Gasteiger partial charge in [0, 0.05) is 30.8 Å². The van der Waals surface area contributed by atoms with E-state index in [0.717, 1.165) is 24.1 Å². The van der Waals surface area contributed by atoms with Crippen LogP contribution >= 0.6 is 0 Å². The van der Waals surface area contributed by atoms with Crippen LogP contribution < -0.4 is 16.0 Å². The molecule has 29 heavy (non-hydrogen) atoms. The number of carbonyl (C=O) groups is 2. The lowest BCUT2D eigenvalue weighted by atomic mass is 9.79. The largest absolute Gasteiger partial charge is 0.365 e. The number of hydrogen-bond acceptors (Lipinski definition) is 5. The first-order valence-corrected chi connectivity index (χ1v) is 9.77. The minimum Gasteiger partial charge on any atom is -0.365 e. The number of primary amides is 1. The van der Waals surface area contributed by atoms with Gasteiger partial charge in [0.2, 0.25) is 5.91 Å². The van der Waals surface area contributed by atoms with Gasteiger partial charge in [-0.2, -0.15) is 5.26 Å². The van der Waals surface area contributed by atoms with Crippen molar-refractivity contribution in [1.29, 1.82) is 5.26 Å². The van der Waals surface area contributed by atoms with Gasteiger partial charge in [0.1, 0.15) is 5.82 Å². The lowest BCUT2D eigenvalue weighted by molar-refractivity contribution is -0.117. The van der Waals surface area contributed by atoms with Crippen LogP contribution in [0.15, 0.2) is 36.5 Å². The Morgan fingerprint density at radius 1 is 1.31 bits per heavy atom. The Morgan fingerprint density at radius 3 is 2.69 bits per heavy atom. The molecular weight excluding hydrogens is 366 g/mol. The molecule has 3 atom stereocenters. The summed E-state index contributed by atoms with van der Waals surface area (Å²) in [7, 11) is 0. The highest BCUT2D eigenvalue weighted by atomic mass is 16.2. The van der Waals surface area contributed by atoms with Crippen LogP contribution in [-0.4, -0.2) is 22.8 Å². The molecule has 0 radical (unpaired) electrons. The van der Waals surface area contributed by atoms with Crippen molar-refractivity contribution in [2.45, 2.75) is 38.8 Å². The molecule has 3 N–H and O–H groups in total. The van der Waals surface area contributed by atoms with Crippen molar-refractivity contribution < 1.29 is 9.59 Å². The van der Waals surface area contributed by atoms with Crippen molar-refractivity contribution in [3.8, 4) is 6.07 Å². The SMILES string of the molecule is CC(=O)N1c2ccc(C#N)cc2[C@H](Nc2ncccc2C(N)=O)[C@@H](C)[C@H]1C1CC1. The molecule has 1 aliphatic heterocycles. The number of benzene rings is 1. The molecule has 0 saturated heterocycles. The van der Waals surface area contributed by atoms with Crippen LogP contribution in [-0.2, 0) is 4.79 Å². The predicted octanol–water partition coefficient (Wildman–Crippen LogP) is 2.99. The maximum absolute atomic E-state index is 12.6. The van der Waals surface area contributed by atoms with Gasteiger partial charge in [0.25, 0.3) is 5.91 Å². The van der Waals surface area contributed by atoms with Gasteiger partial charge in [-0.3, -0.25) is 9.59 Å². The second kappa shape index (κ2) is 7.21. The maximum Gasteiger partial charge on any atom is 0.252 e. The molecule has 2 heterocycles. The summed E-state index contributed by atoms with van der Waals surface area (Å²) in [6.45, 7) is 3.69. The van der Waals surface area contributed by atoms with Gasteiger partial charge in [0.05, 0.1) is 23.2 Å². The molecule has 7 nitrogen and oxygen atoms in total. The number of nitrogens with two attached hydrogens (primary N) is 1. The third kappa shape index (κ3) is 3.31. The van der Waals surface area contributed by atoms with Crippen LogP contribution in [0.25, 0.3) is 0 Å². The lowest BCUT2D eigenvalue weighted by Gasteiger charge is -2.46. The quantitative estimate of drug-likeness (QED) is 0.835. The molecule has 1 fully saturated rings. The van der Waals surface area contributed by atoms with Crippen LogP contribution in [0.2, 0.25) is 0 Å². The molecule has 1 aromatic heterocycles. The Balaban J connectivity index is 1.85. The summed E-state index contributed by atoms with van der Waals surface area (Å²) in [5.41, 5.74) is 8.02. The van der Waals surface area contributed by atoms with E-state index in [1.807, 2.05) is 17.0 Å². The number of anilines is 2. The molecule has 148 valence electrons. The van der Waals surface area contributed by atoms with Crippen molar-refractivity contribution in [3.63, 3.8) is 0 Å². The minimum atomic E-state index is -0.556. The van der Waals surface area contributed by atoms with Crippen molar-refractivity contribution in [2.24, 2.45) is 17.6 Å². The monoisotopic (exact) mass is 389 g/mol. The molecule has 1 saturated carbocycles. The molecule has 7 heteroatoms. The third-order valence-electron chi connectivity index (χ3n) is 5.92. The number of nitrogens with zero attached hydrogens (tertiary/aromatic N) is 3. The van der Waals surface area contributed by atoms with Gasteiger partial charge in [-0.15, -0.1) is 0 Å². The number of fused-ring (bicyclic) bond motifs is 1. The molecule has 2 aromatic rings. The topological polar surface area (TPSA) is 112 Å². The normalized spacial score (nSPS) is 23.1. The molecule has 0 unspecified atom stereocenters. The van der Waals surface area contributed by atoms with Crippen LogP contribution in [0.5, 0.6) is 0 Å². The van der Waals surface area contributed by atoms with E-state index in [0.29, 0.717) is 22.9 Å². The Kier molecular flexibility index (Phi) is 4.71. The third-order valence-corrected chi connectivity index (χ3v) is 5.92. The summed E-state index contributed by atoms with van der Waals surface area (Å²) in [4.78, 5) is 30.6. The summed E-state index contributed by atoms with van der Waals surface area (Å²) in [6, 6.07) is 10.7.